The Balaban J connectivity index is 1.82. The SMILES string of the molecule is O=[N+]([O-])c1cc(F)c(N2CCC3(CC2)COC3)c(F)c1. The maximum Gasteiger partial charge on any atom is 0.275 e. The zero-order valence-electron chi connectivity index (χ0n) is 10.8. The average Bonchev–Trinajstić information content (AvgIpc) is 2.36. The van der Waals surface area contributed by atoms with Crippen molar-refractivity contribution in [3.8, 4) is 0 Å². The summed E-state index contributed by atoms with van der Waals surface area (Å²) in [5.74, 6) is -1.75. The van der Waals surface area contributed by atoms with Gasteiger partial charge in [-0.1, -0.05) is 0 Å². The first-order chi connectivity index (χ1) is 9.51. The minimum absolute atomic E-state index is 0.161. The molecule has 5 nitrogen and oxygen atoms in total. The van der Waals surface area contributed by atoms with Gasteiger partial charge in [0.05, 0.1) is 30.3 Å². The lowest BCUT2D eigenvalue weighted by Crippen LogP contribution is -2.51. The molecule has 1 spiro atoms. The van der Waals surface area contributed by atoms with Gasteiger partial charge in [-0.2, -0.15) is 0 Å². The maximum atomic E-state index is 13.9. The number of halogens is 2. The normalized spacial score (nSPS) is 20.8. The Bertz CT molecular complexity index is 528. The van der Waals surface area contributed by atoms with Gasteiger partial charge in [0.1, 0.15) is 5.69 Å². The van der Waals surface area contributed by atoms with E-state index < -0.39 is 22.2 Å². The highest BCUT2D eigenvalue weighted by atomic mass is 19.1. The van der Waals surface area contributed by atoms with E-state index in [4.69, 9.17) is 4.74 Å². The Morgan fingerprint density at radius 1 is 1.20 bits per heavy atom. The molecule has 0 aromatic heterocycles. The fourth-order valence-corrected chi connectivity index (χ4v) is 2.84. The van der Waals surface area contributed by atoms with E-state index in [1.807, 2.05) is 0 Å². The highest BCUT2D eigenvalue weighted by Gasteiger charge is 2.41. The molecule has 2 fully saturated rings. The van der Waals surface area contributed by atoms with E-state index in [1.54, 1.807) is 4.90 Å². The third kappa shape index (κ3) is 2.11. The van der Waals surface area contributed by atoms with Crippen molar-refractivity contribution >= 4 is 11.4 Å². The number of nitrogens with zero attached hydrogens (tertiary/aromatic N) is 2. The summed E-state index contributed by atoms with van der Waals surface area (Å²) in [5.41, 5.74) is -0.556. The summed E-state index contributed by atoms with van der Waals surface area (Å²) in [4.78, 5) is 11.4. The van der Waals surface area contributed by atoms with Crippen LogP contribution in [0.25, 0.3) is 0 Å². The molecule has 1 aromatic carbocycles. The molecular weight excluding hydrogens is 270 g/mol. The average molecular weight is 284 g/mol. The Morgan fingerprint density at radius 3 is 2.15 bits per heavy atom. The standard InChI is InChI=1S/C13H14F2N2O3/c14-10-5-9(17(18)19)6-11(15)12(10)16-3-1-13(2-4-16)7-20-8-13/h5-6H,1-4,7-8H2. The molecule has 0 aliphatic carbocycles. The number of piperidine rings is 1. The van der Waals surface area contributed by atoms with Crippen LogP contribution in [0.4, 0.5) is 20.2 Å². The van der Waals surface area contributed by atoms with Crippen LogP contribution in [0, 0.1) is 27.2 Å². The number of anilines is 1. The predicted octanol–water partition coefficient (Wildman–Crippen LogP) is 2.49. The molecule has 2 heterocycles. The molecule has 2 aliphatic rings. The first-order valence-electron chi connectivity index (χ1n) is 6.47. The largest absolute Gasteiger partial charge is 0.380 e. The molecule has 1 aromatic rings. The molecule has 2 aliphatic heterocycles. The molecule has 0 radical (unpaired) electrons. The minimum atomic E-state index is -0.877. The molecule has 7 heteroatoms. The molecule has 2 saturated heterocycles. The van der Waals surface area contributed by atoms with Crippen molar-refractivity contribution in [1.82, 2.24) is 0 Å². The third-order valence-electron chi connectivity index (χ3n) is 4.17. The lowest BCUT2D eigenvalue weighted by Gasteiger charge is -2.47. The summed E-state index contributed by atoms with van der Waals surface area (Å²) in [6.45, 7) is 2.50. The van der Waals surface area contributed by atoms with Gasteiger partial charge in [0.2, 0.25) is 0 Å². The number of hydrogen-bond acceptors (Lipinski definition) is 4. The number of rotatable bonds is 2. The quantitative estimate of drug-likeness (QED) is 0.618. The zero-order valence-corrected chi connectivity index (χ0v) is 10.8. The van der Waals surface area contributed by atoms with Gasteiger partial charge in [0.15, 0.2) is 11.6 Å². The number of nitro groups is 1. The molecule has 3 rings (SSSR count). The highest BCUT2D eigenvalue weighted by molar-refractivity contribution is 5.54. The van der Waals surface area contributed by atoms with Crippen molar-refractivity contribution in [2.45, 2.75) is 12.8 Å². The molecule has 0 N–H and O–H groups in total. The molecule has 0 saturated carbocycles. The Hall–Kier alpha value is -1.76. The molecule has 108 valence electrons. The molecule has 0 amide bonds. The predicted molar refractivity (Wildman–Crippen MR) is 67.7 cm³/mol. The maximum absolute atomic E-state index is 13.9. The molecule has 20 heavy (non-hydrogen) atoms. The lowest BCUT2D eigenvalue weighted by atomic mass is 9.77. The van der Waals surface area contributed by atoms with Crippen LogP contribution < -0.4 is 4.90 Å². The van der Waals surface area contributed by atoms with Gasteiger partial charge in [0, 0.05) is 18.5 Å². The van der Waals surface area contributed by atoms with Crippen LogP contribution in [0.2, 0.25) is 0 Å². The molecule has 0 unspecified atom stereocenters. The van der Waals surface area contributed by atoms with Crippen molar-refractivity contribution in [2.75, 3.05) is 31.2 Å². The van der Waals surface area contributed by atoms with Gasteiger partial charge in [0.25, 0.3) is 5.69 Å². The molecule has 0 atom stereocenters. The minimum Gasteiger partial charge on any atom is -0.380 e. The number of nitro benzene ring substituents is 1. The van der Waals surface area contributed by atoms with Gasteiger partial charge < -0.3 is 9.64 Å². The Labute approximate surface area is 114 Å². The van der Waals surface area contributed by atoms with E-state index >= 15 is 0 Å². The van der Waals surface area contributed by atoms with E-state index in [9.17, 15) is 18.9 Å². The summed E-state index contributed by atoms with van der Waals surface area (Å²) < 4.78 is 33.1. The lowest BCUT2D eigenvalue weighted by molar-refractivity contribution is -0.385. The van der Waals surface area contributed by atoms with Gasteiger partial charge in [-0.05, 0) is 12.8 Å². The number of hydrogen-bond donors (Lipinski definition) is 0. The Morgan fingerprint density at radius 2 is 1.75 bits per heavy atom. The summed E-state index contributed by atoms with van der Waals surface area (Å²) in [6, 6.07) is 1.55. The summed E-state index contributed by atoms with van der Waals surface area (Å²) in [7, 11) is 0. The van der Waals surface area contributed by atoms with Crippen LogP contribution in [0.15, 0.2) is 12.1 Å². The molecule has 0 bridgehead atoms. The van der Waals surface area contributed by atoms with Crippen LogP contribution in [0.3, 0.4) is 0 Å². The van der Waals surface area contributed by atoms with Crippen molar-refractivity contribution in [3.05, 3.63) is 33.9 Å². The molecular formula is C13H14F2N2O3. The van der Waals surface area contributed by atoms with Crippen LogP contribution in [0.5, 0.6) is 0 Å². The van der Waals surface area contributed by atoms with E-state index in [0.29, 0.717) is 26.3 Å². The topological polar surface area (TPSA) is 55.6 Å². The first kappa shape index (κ1) is 13.2. The van der Waals surface area contributed by atoms with Crippen molar-refractivity contribution in [1.29, 1.82) is 0 Å². The highest BCUT2D eigenvalue weighted by Crippen LogP contribution is 2.40. The second kappa shape index (κ2) is 4.66. The van der Waals surface area contributed by atoms with Crippen LogP contribution in [-0.2, 0) is 4.74 Å². The van der Waals surface area contributed by atoms with Crippen molar-refractivity contribution in [3.63, 3.8) is 0 Å². The van der Waals surface area contributed by atoms with E-state index in [-0.39, 0.29) is 11.1 Å². The number of non-ortho nitro benzene ring substituents is 1. The second-order valence-corrected chi connectivity index (χ2v) is 5.49. The monoisotopic (exact) mass is 284 g/mol. The fourth-order valence-electron chi connectivity index (χ4n) is 2.84. The summed E-state index contributed by atoms with van der Waals surface area (Å²) >= 11 is 0. The van der Waals surface area contributed by atoms with Crippen molar-refractivity contribution in [2.24, 2.45) is 5.41 Å². The van der Waals surface area contributed by atoms with Crippen LogP contribution in [-0.4, -0.2) is 31.2 Å². The van der Waals surface area contributed by atoms with Gasteiger partial charge in [-0.3, -0.25) is 10.1 Å². The zero-order chi connectivity index (χ0) is 14.3. The second-order valence-electron chi connectivity index (χ2n) is 5.49. The van der Waals surface area contributed by atoms with E-state index in [1.165, 1.54) is 0 Å². The Kier molecular flexibility index (Phi) is 3.08. The van der Waals surface area contributed by atoms with E-state index in [2.05, 4.69) is 0 Å². The van der Waals surface area contributed by atoms with E-state index in [0.717, 1.165) is 25.0 Å². The first-order valence-corrected chi connectivity index (χ1v) is 6.47. The summed E-state index contributed by atoms with van der Waals surface area (Å²) in [6.07, 6.45) is 1.64. The third-order valence-corrected chi connectivity index (χ3v) is 4.17. The van der Waals surface area contributed by atoms with Crippen molar-refractivity contribution < 1.29 is 18.4 Å². The number of ether oxygens (including phenoxy) is 1. The smallest absolute Gasteiger partial charge is 0.275 e. The van der Waals surface area contributed by atoms with Crippen LogP contribution >= 0.6 is 0 Å². The number of benzene rings is 1. The van der Waals surface area contributed by atoms with Gasteiger partial charge in [-0.25, -0.2) is 8.78 Å². The fraction of sp³-hybridized carbons (Fsp3) is 0.538. The van der Waals surface area contributed by atoms with Gasteiger partial charge in [-0.15, -0.1) is 0 Å². The van der Waals surface area contributed by atoms with Gasteiger partial charge >= 0.3 is 0 Å². The summed E-state index contributed by atoms with van der Waals surface area (Å²) in [5, 5.41) is 10.6. The van der Waals surface area contributed by atoms with Crippen LogP contribution in [0.1, 0.15) is 12.8 Å².